The fourth-order valence-electron chi connectivity index (χ4n) is 3.43. The summed E-state index contributed by atoms with van der Waals surface area (Å²) in [4.78, 5) is 19.5. The van der Waals surface area contributed by atoms with Gasteiger partial charge in [0.15, 0.2) is 0 Å². The minimum atomic E-state index is -0.0154. The van der Waals surface area contributed by atoms with E-state index < -0.39 is 0 Å². The lowest BCUT2D eigenvalue weighted by Crippen LogP contribution is -2.38. The zero-order valence-electron chi connectivity index (χ0n) is 14.2. The number of aromatic nitrogens is 3. The van der Waals surface area contributed by atoms with Gasteiger partial charge in [0, 0.05) is 26.1 Å². The third-order valence-corrected chi connectivity index (χ3v) is 6.44. The second-order valence-electron chi connectivity index (χ2n) is 6.46. The predicted octanol–water partition coefficient (Wildman–Crippen LogP) is 4.01. The molecule has 130 valence electrons. The summed E-state index contributed by atoms with van der Waals surface area (Å²) in [5.74, 6) is 0.408. The summed E-state index contributed by atoms with van der Waals surface area (Å²) in [5, 5.41) is 5.84. The molecule has 0 bridgehead atoms. The molecule has 0 radical (unpaired) electrons. The van der Waals surface area contributed by atoms with Crippen LogP contribution < -0.4 is 0 Å². The SMILES string of the molecule is Cc1nn(C)c(Cl)c1C(=O)N1CCC(c2nc3ccccc3s2)CC1. The van der Waals surface area contributed by atoms with E-state index in [9.17, 15) is 4.79 Å². The number of amides is 1. The van der Waals surface area contributed by atoms with Crippen LogP contribution >= 0.6 is 22.9 Å². The number of nitrogens with zero attached hydrogens (tertiary/aromatic N) is 4. The molecular weight excluding hydrogens is 356 g/mol. The quantitative estimate of drug-likeness (QED) is 0.681. The van der Waals surface area contributed by atoms with Gasteiger partial charge in [0.05, 0.1) is 26.5 Å². The van der Waals surface area contributed by atoms with Crippen molar-refractivity contribution < 1.29 is 4.79 Å². The third kappa shape index (κ3) is 2.93. The number of likely N-dealkylation sites (tertiary alicyclic amines) is 1. The molecule has 7 heteroatoms. The van der Waals surface area contributed by atoms with Crippen LogP contribution in [0, 0.1) is 6.92 Å². The fraction of sp³-hybridized carbons (Fsp3) is 0.389. The van der Waals surface area contributed by atoms with E-state index in [-0.39, 0.29) is 5.91 Å². The van der Waals surface area contributed by atoms with E-state index in [1.54, 1.807) is 23.1 Å². The van der Waals surface area contributed by atoms with E-state index in [0.29, 0.717) is 22.3 Å². The maximum absolute atomic E-state index is 12.8. The smallest absolute Gasteiger partial charge is 0.258 e. The second-order valence-corrected chi connectivity index (χ2v) is 7.88. The van der Waals surface area contributed by atoms with Gasteiger partial charge in [0.2, 0.25) is 0 Å². The lowest BCUT2D eigenvalue weighted by Gasteiger charge is -2.31. The number of fused-ring (bicyclic) bond motifs is 1. The Morgan fingerprint density at radius 3 is 2.64 bits per heavy atom. The first-order chi connectivity index (χ1) is 12.0. The Balaban J connectivity index is 1.48. The number of halogens is 1. The van der Waals surface area contributed by atoms with Crippen LogP contribution in [0.4, 0.5) is 0 Å². The summed E-state index contributed by atoms with van der Waals surface area (Å²) in [7, 11) is 1.76. The number of aryl methyl sites for hydroxylation is 2. The molecule has 1 aliphatic heterocycles. The van der Waals surface area contributed by atoms with Crippen LogP contribution in [0.2, 0.25) is 5.15 Å². The summed E-state index contributed by atoms with van der Waals surface area (Å²) in [5.41, 5.74) is 2.28. The van der Waals surface area contributed by atoms with Crippen LogP contribution in [0.1, 0.15) is 39.8 Å². The number of carbonyl (C=O) groups is 1. The number of benzene rings is 1. The molecule has 3 heterocycles. The normalized spacial score (nSPS) is 15.9. The van der Waals surface area contributed by atoms with Crippen molar-refractivity contribution in [1.29, 1.82) is 0 Å². The summed E-state index contributed by atoms with van der Waals surface area (Å²) in [6, 6.07) is 8.24. The molecule has 1 fully saturated rings. The van der Waals surface area contributed by atoms with Crippen molar-refractivity contribution in [3.63, 3.8) is 0 Å². The molecule has 0 atom stereocenters. The van der Waals surface area contributed by atoms with Crippen molar-refractivity contribution >= 4 is 39.1 Å². The first kappa shape index (κ1) is 16.5. The van der Waals surface area contributed by atoms with Crippen LogP contribution in [-0.2, 0) is 7.05 Å². The average molecular weight is 375 g/mol. The molecule has 1 saturated heterocycles. The van der Waals surface area contributed by atoms with Crippen molar-refractivity contribution in [2.45, 2.75) is 25.7 Å². The number of thiazole rings is 1. The fourth-order valence-corrected chi connectivity index (χ4v) is 4.82. The Morgan fingerprint density at radius 1 is 1.28 bits per heavy atom. The number of para-hydroxylation sites is 1. The van der Waals surface area contributed by atoms with E-state index >= 15 is 0 Å². The number of carbonyl (C=O) groups excluding carboxylic acids is 1. The van der Waals surface area contributed by atoms with Gasteiger partial charge in [0.1, 0.15) is 5.15 Å². The van der Waals surface area contributed by atoms with Crippen LogP contribution in [0.5, 0.6) is 0 Å². The van der Waals surface area contributed by atoms with Gasteiger partial charge < -0.3 is 4.90 Å². The largest absolute Gasteiger partial charge is 0.338 e. The van der Waals surface area contributed by atoms with Crippen LogP contribution in [0.25, 0.3) is 10.2 Å². The van der Waals surface area contributed by atoms with Crippen LogP contribution in [0.3, 0.4) is 0 Å². The zero-order valence-corrected chi connectivity index (χ0v) is 15.8. The summed E-state index contributed by atoms with van der Waals surface area (Å²) < 4.78 is 2.78. The van der Waals surface area contributed by atoms with E-state index in [1.165, 1.54) is 9.71 Å². The number of piperidine rings is 1. The summed E-state index contributed by atoms with van der Waals surface area (Å²) in [6.07, 6.45) is 1.87. The highest BCUT2D eigenvalue weighted by molar-refractivity contribution is 7.18. The standard InChI is InChI=1S/C18H19ClN4OS/c1-11-15(16(19)22(2)21-11)18(24)23-9-7-12(8-10-23)17-20-13-5-3-4-6-14(13)25-17/h3-6,12H,7-10H2,1-2H3. The Kier molecular flexibility index (Phi) is 4.25. The molecule has 25 heavy (non-hydrogen) atoms. The molecular formula is C18H19ClN4OS. The van der Waals surface area contributed by atoms with Crippen molar-refractivity contribution in [3.8, 4) is 0 Å². The Labute approximate surface area is 155 Å². The predicted molar refractivity (Wildman–Crippen MR) is 100 cm³/mol. The molecule has 1 amide bonds. The maximum Gasteiger partial charge on any atom is 0.258 e. The number of rotatable bonds is 2. The molecule has 0 N–H and O–H groups in total. The molecule has 0 spiro atoms. The van der Waals surface area contributed by atoms with Crippen molar-refractivity contribution in [2.75, 3.05) is 13.1 Å². The number of hydrogen-bond donors (Lipinski definition) is 0. The first-order valence-corrected chi connectivity index (χ1v) is 9.58. The van der Waals surface area contributed by atoms with Crippen molar-refractivity contribution in [1.82, 2.24) is 19.7 Å². The highest BCUT2D eigenvalue weighted by atomic mass is 35.5. The van der Waals surface area contributed by atoms with Crippen LogP contribution in [-0.4, -0.2) is 38.7 Å². The summed E-state index contributed by atoms with van der Waals surface area (Å²) >= 11 is 8.01. The van der Waals surface area contributed by atoms with Crippen LogP contribution in [0.15, 0.2) is 24.3 Å². The average Bonchev–Trinajstić information content (AvgIpc) is 3.15. The Hall–Kier alpha value is -1.92. The summed E-state index contributed by atoms with van der Waals surface area (Å²) in [6.45, 7) is 3.28. The highest BCUT2D eigenvalue weighted by Crippen LogP contribution is 2.34. The molecule has 0 saturated carbocycles. The van der Waals surface area contributed by atoms with Gasteiger partial charge in [0.25, 0.3) is 5.91 Å². The van der Waals surface area contributed by atoms with E-state index in [0.717, 1.165) is 31.4 Å². The number of hydrogen-bond acceptors (Lipinski definition) is 4. The second kappa shape index (κ2) is 6.42. The van der Waals surface area contributed by atoms with E-state index in [2.05, 4.69) is 17.2 Å². The van der Waals surface area contributed by atoms with Gasteiger partial charge in [-0.15, -0.1) is 11.3 Å². The van der Waals surface area contributed by atoms with Gasteiger partial charge in [-0.25, -0.2) is 4.98 Å². The third-order valence-electron chi connectivity index (χ3n) is 4.81. The molecule has 0 unspecified atom stereocenters. The monoisotopic (exact) mass is 374 g/mol. The van der Waals surface area contributed by atoms with Gasteiger partial charge in [-0.05, 0) is 31.9 Å². The van der Waals surface area contributed by atoms with Gasteiger partial charge in [-0.2, -0.15) is 5.10 Å². The minimum Gasteiger partial charge on any atom is -0.338 e. The van der Waals surface area contributed by atoms with E-state index in [1.807, 2.05) is 24.0 Å². The van der Waals surface area contributed by atoms with Crippen molar-refractivity contribution in [2.24, 2.45) is 7.05 Å². The molecule has 1 aromatic carbocycles. The molecule has 0 aliphatic carbocycles. The Morgan fingerprint density at radius 2 is 2.00 bits per heavy atom. The topological polar surface area (TPSA) is 51.0 Å². The molecule has 2 aromatic heterocycles. The van der Waals surface area contributed by atoms with E-state index in [4.69, 9.17) is 16.6 Å². The lowest BCUT2D eigenvalue weighted by molar-refractivity contribution is 0.0712. The van der Waals surface area contributed by atoms with Gasteiger partial charge >= 0.3 is 0 Å². The minimum absolute atomic E-state index is 0.0154. The first-order valence-electron chi connectivity index (χ1n) is 8.38. The molecule has 4 rings (SSSR count). The molecule has 5 nitrogen and oxygen atoms in total. The molecule has 3 aromatic rings. The maximum atomic E-state index is 12.8. The van der Waals surface area contributed by atoms with Gasteiger partial charge in [-0.3, -0.25) is 9.48 Å². The van der Waals surface area contributed by atoms with Crippen molar-refractivity contribution in [3.05, 3.63) is 45.7 Å². The van der Waals surface area contributed by atoms with Gasteiger partial charge in [-0.1, -0.05) is 23.7 Å². The Bertz CT molecular complexity index is 907. The molecule has 1 aliphatic rings. The highest BCUT2D eigenvalue weighted by Gasteiger charge is 2.29. The lowest BCUT2D eigenvalue weighted by atomic mass is 9.97. The zero-order chi connectivity index (χ0) is 17.6.